The van der Waals surface area contributed by atoms with Crippen LogP contribution in [0.1, 0.15) is 59.8 Å². The van der Waals surface area contributed by atoms with Crippen LogP contribution in [0.2, 0.25) is 0 Å². The molecule has 0 aliphatic heterocycles. The highest BCUT2D eigenvalue weighted by molar-refractivity contribution is 5.68. The van der Waals surface area contributed by atoms with E-state index in [2.05, 4.69) is 13.8 Å². The fourth-order valence-electron chi connectivity index (χ4n) is 2.41. The van der Waals surface area contributed by atoms with Crippen LogP contribution in [0, 0.1) is 5.92 Å². The molecule has 100 valence electrons. The van der Waals surface area contributed by atoms with Gasteiger partial charge in [0.05, 0.1) is 6.10 Å². The molecule has 1 aliphatic carbocycles. The van der Waals surface area contributed by atoms with Crippen LogP contribution in [-0.2, 0) is 4.74 Å². The van der Waals surface area contributed by atoms with Crippen molar-refractivity contribution in [3.63, 3.8) is 0 Å². The summed E-state index contributed by atoms with van der Waals surface area (Å²) in [6, 6.07) is 0.225. The Kier molecular flexibility index (Phi) is 5.79. The molecule has 3 nitrogen and oxygen atoms in total. The molecule has 1 amide bonds. The maximum atomic E-state index is 12.0. The second-order valence-electron chi connectivity index (χ2n) is 5.68. The summed E-state index contributed by atoms with van der Waals surface area (Å²) in [6.07, 6.45) is 6.33. The molecule has 0 radical (unpaired) electrons. The maximum Gasteiger partial charge on any atom is 0.410 e. The van der Waals surface area contributed by atoms with E-state index in [0.29, 0.717) is 5.92 Å². The third-order valence-corrected chi connectivity index (χ3v) is 3.37. The monoisotopic (exact) mass is 241 g/mol. The number of amides is 1. The summed E-state index contributed by atoms with van der Waals surface area (Å²) < 4.78 is 5.30. The van der Waals surface area contributed by atoms with Gasteiger partial charge in [-0.05, 0) is 46.5 Å². The molecule has 0 aromatic heterocycles. The van der Waals surface area contributed by atoms with Gasteiger partial charge in [0.25, 0.3) is 0 Å². The van der Waals surface area contributed by atoms with Crippen LogP contribution in [-0.4, -0.2) is 29.7 Å². The lowest BCUT2D eigenvalue weighted by molar-refractivity contribution is 0.0595. The number of carbonyl (C=O) groups excluding carboxylic acids is 1. The van der Waals surface area contributed by atoms with Gasteiger partial charge in [0.1, 0.15) is 0 Å². The average Bonchev–Trinajstić information content (AvgIpc) is 2.25. The fraction of sp³-hybridized carbons (Fsp3) is 0.929. The molecule has 0 atom stereocenters. The van der Waals surface area contributed by atoms with Gasteiger partial charge in [-0.15, -0.1) is 0 Å². The molecule has 3 heteroatoms. The number of ether oxygens (including phenoxy) is 1. The largest absolute Gasteiger partial charge is 0.447 e. The van der Waals surface area contributed by atoms with E-state index in [0.717, 1.165) is 6.54 Å². The highest BCUT2D eigenvalue weighted by atomic mass is 16.6. The Labute approximate surface area is 106 Å². The number of carbonyl (C=O) groups is 1. The minimum atomic E-state index is -0.152. The molecule has 1 rings (SSSR count). The van der Waals surface area contributed by atoms with Gasteiger partial charge in [0.15, 0.2) is 0 Å². The molecule has 0 bridgehead atoms. The van der Waals surface area contributed by atoms with Gasteiger partial charge in [-0.25, -0.2) is 4.79 Å². The first-order valence-electron chi connectivity index (χ1n) is 6.98. The van der Waals surface area contributed by atoms with Crippen LogP contribution in [0.3, 0.4) is 0 Å². The van der Waals surface area contributed by atoms with E-state index in [1.165, 1.54) is 32.1 Å². The number of nitrogens with zero attached hydrogens (tertiary/aromatic N) is 1. The van der Waals surface area contributed by atoms with E-state index in [9.17, 15) is 4.79 Å². The normalized spacial score (nSPS) is 17.5. The minimum absolute atomic E-state index is 0.0323. The zero-order chi connectivity index (χ0) is 12.8. The molecular formula is C14H27NO2. The van der Waals surface area contributed by atoms with Crippen molar-refractivity contribution in [3.8, 4) is 0 Å². The number of hydrogen-bond donors (Lipinski definition) is 0. The van der Waals surface area contributed by atoms with Crippen molar-refractivity contribution in [1.82, 2.24) is 4.90 Å². The standard InChI is InChI=1S/C14H27NO2/c1-11(2)15(14(16)17-12(3)4)10-13-8-6-5-7-9-13/h11-13H,5-10H2,1-4H3. The lowest BCUT2D eigenvalue weighted by Gasteiger charge is -2.32. The Bertz CT molecular complexity index is 232. The second kappa shape index (κ2) is 6.87. The zero-order valence-corrected chi connectivity index (χ0v) is 11.7. The van der Waals surface area contributed by atoms with Gasteiger partial charge < -0.3 is 9.64 Å². The first-order valence-corrected chi connectivity index (χ1v) is 6.98. The van der Waals surface area contributed by atoms with Crippen molar-refractivity contribution in [2.75, 3.05) is 6.54 Å². The average molecular weight is 241 g/mol. The van der Waals surface area contributed by atoms with Crippen LogP contribution in [0.15, 0.2) is 0 Å². The molecule has 0 aromatic rings. The molecule has 0 spiro atoms. The summed E-state index contributed by atoms with van der Waals surface area (Å²) in [4.78, 5) is 13.9. The summed E-state index contributed by atoms with van der Waals surface area (Å²) in [7, 11) is 0. The summed E-state index contributed by atoms with van der Waals surface area (Å²) in [6.45, 7) is 8.78. The lowest BCUT2D eigenvalue weighted by Crippen LogP contribution is -2.42. The van der Waals surface area contributed by atoms with E-state index >= 15 is 0 Å². The van der Waals surface area contributed by atoms with Crippen LogP contribution in [0.4, 0.5) is 4.79 Å². The van der Waals surface area contributed by atoms with Crippen LogP contribution in [0.25, 0.3) is 0 Å². The highest BCUT2D eigenvalue weighted by Gasteiger charge is 2.24. The first kappa shape index (κ1) is 14.3. The summed E-state index contributed by atoms with van der Waals surface area (Å²) in [5.41, 5.74) is 0. The lowest BCUT2D eigenvalue weighted by atomic mass is 9.89. The fourth-order valence-corrected chi connectivity index (χ4v) is 2.41. The zero-order valence-electron chi connectivity index (χ0n) is 11.7. The molecule has 1 fully saturated rings. The third kappa shape index (κ3) is 4.97. The minimum Gasteiger partial charge on any atom is -0.447 e. The summed E-state index contributed by atoms with van der Waals surface area (Å²) in [5, 5.41) is 0. The smallest absolute Gasteiger partial charge is 0.410 e. The van der Waals surface area contributed by atoms with Gasteiger partial charge in [0.2, 0.25) is 0 Å². The van der Waals surface area contributed by atoms with E-state index in [1.807, 2.05) is 18.7 Å². The van der Waals surface area contributed by atoms with Gasteiger partial charge in [-0.2, -0.15) is 0 Å². The maximum absolute atomic E-state index is 12.0. The third-order valence-electron chi connectivity index (χ3n) is 3.37. The first-order chi connectivity index (χ1) is 8.00. The van der Waals surface area contributed by atoms with Crippen molar-refractivity contribution in [3.05, 3.63) is 0 Å². The van der Waals surface area contributed by atoms with Crippen LogP contribution in [0.5, 0.6) is 0 Å². The Morgan fingerprint density at radius 1 is 1.18 bits per heavy atom. The molecular weight excluding hydrogens is 214 g/mol. The summed E-state index contributed by atoms with van der Waals surface area (Å²) in [5.74, 6) is 0.672. The predicted octanol–water partition coefficient (Wildman–Crippen LogP) is 3.82. The SMILES string of the molecule is CC(C)OC(=O)N(CC1CCCCC1)C(C)C. The molecule has 0 aromatic carbocycles. The van der Waals surface area contributed by atoms with Crippen molar-refractivity contribution < 1.29 is 9.53 Å². The van der Waals surface area contributed by atoms with E-state index in [1.54, 1.807) is 0 Å². The highest BCUT2D eigenvalue weighted by Crippen LogP contribution is 2.25. The number of hydrogen-bond acceptors (Lipinski definition) is 2. The Morgan fingerprint density at radius 2 is 1.76 bits per heavy atom. The molecule has 0 saturated heterocycles. The van der Waals surface area contributed by atoms with Gasteiger partial charge in [0, 0.05) is 12.6 Å². The van der Waals surface area contributed by atoms with Gasteiger partial charge in [-0.1, -0.05) is 19.3 Å². The molecule has 0 unspecified atom stereocenters. The molecule has 1 aliphatic rings. The quantitative estimate of drug-likeness (QED) is 0.748. The Balaban J connectivity index is 2.49. The molecule has 17 heavy (non-hydrogen) atoms. The Morgan fingerprint density at radius 3 is 2.24 bits per heavy atom. The van der Waals surface area contributed by atoms with Crippen molar-refractivity contribution >= 4 is 6.09 Å². The van der Waals surface area contributed by atoms with E-state index < -0.39 is 0 Å². The van der Waals surface area contributed by atoms with Gasteiger partial charge in [-0.3, -0.25) is 0 Å². The molecule has 0 N–H and O–H groups in total. The molecule has 1 saturated carbocycles. The van der Waals surface area contributed by atoms with E-state index in [4.69, 9.17) is 4.74 Å². The van der Waals surface area contributed by atoms with Gasteiger partial charge >= 0.3 is 6.09 Å². The molecule has 0 heterocycles. The van der Waals surface area contributed by atoms with Crippen molar-refractivity contribution in [2.45, 2.75) is 71.9 Å². The van der Waals surface area contributed by atoms with Crippen LogP contribution >= 0.6 is 0 Å². The topological polar surface area (TPSA) is 29.5 Å². The second-order valence-corrected chi connectivity index (χ2v) is 5.68. The van der Waals surface area contributed by atoms with Crippen molar-refractivity contribution in [1.29, 1.82) is 0 Å². The van der Waals surface area contributed by atoms with E-state index in [-0.39, 0.29) is 18.2 Å². The predicted molar refractivity (Wildman–Crippen MR) is 70.0 cm³/mol. The Hall–Kier alpha value is -0.730. The van der Waals surface area contributed by atoms with Crippen LogP contribution < -0.4 is 0 Å². The number of rotatable bonds is 4. The van der Waals surface area contributed by atoms with Crippen molar-refractivity contribution in [2.24, 2.45) is 5.92 Å². The summed E-state index contributed by atoms with van der Waals surface area (Å²) >= 11 is 0.